The molecule has 0 saturated carbocycles. The Balaban J connectivity index is 2.04. The normalized spacial score (nSPS) is 13.3. The van der Waals surface area contributed by atoms with E-state index in [4.69, 9.17) is 5.11 Å². The van der Waals surface area contributed by atoms with Crippen LogP contribution in [-0.2, 0) is 17.4 Å². The summed E-state index contributed by atoms with van der Waals surface area (Å²) in [5.41, 5.74) is 2.47. The Bertz CT molecular complexity index is 1130. The minimum Gasteiger partial charge on any atom is -0.384 e. The van der Waals surface area contributed by atoms with Crippen molar-refractivity contribution in [1.82, 2.24) is 4.98 Å². The van der Waals surface area contributed by atoms with Crippen molar-refractivity contribution >= 4 is 22.5 Å². The van der Waals surface area contributed by atoms with Crippen LogP contribution >= 0.6 is 0 Å². The molecule has 4 nitrogen and oxygen atoms in total. The zero-order valence-electron chi connectivity index (χ0n) is 13.9. The van der Waals surface area contributed by atoms with E-state index >= 15 is 0 Å². The number of H-pyrrole nitrogens is 1. The van der Waals surface area contributed by atoms with Gasteiger partial charge in [0.05, 0.1) is 23.4 Å². The molecule has 0 bridgehead atoms. The number of carbonyl (C=O) groups is 1. The monoisotopic (exact) mass is 370 g/mol. The largest absolute Gasteiger partial charge is 0.416 e. The quantitative estimate of drug-likeness (QED) is 0.529. The van der Waals surface area contributed by atoms with Crippen molar-refractivity contribution in [3.8, 4) is 23.1 Å². The molecule has 1 amide bonds. The molecule has 0 atom stereocenters. The van der Waals surface area contributed by atoms with Crippen LogP contribution in [-0.4, -0.2) is 22.6 Å². The van der Waals surface area contributed by atoms with Crippen molar-refractivity contribution < 1.29 is 23.1 Å². The fourth-order valence-electron chi connectivity index (χ4n) is 3.34. The number of aliphatic hydroxyl groups excluding tert-OH is 1. The second-order valence-electron chi connectivity index (χ2n) is 6.15. The first kappa shape index (κ1) is 17.2. The standard InChI is InChI=1S/C20H13F3N2O2/c21-20(22,23)12-6-7-15-13(9-12)14-10-17(27)24-16-5-1-3-11(4-2-8-26)18(16)19(14)25-15/h1,3,5-7,9,25-26H,8,10H2,(H,24,27). The molecule has 3 aromatic rings. The van der Waals surface area contributed by atoms with E-state index in [0.29, 0.717) is 39.0 Å². The van der Waals surface area contributed by atoms with Gasteiger partial charge in [0, 0.05) is 22.0 Å². The van der Waals surface area contributed by atoms with Crippen molar-refractivity contribution in [3.63, 3.8) is 0 Å². The van der Waals surface area contributed by atoms with Crippen LogP contribution in [0.3, 0.4) is 0 Å². The van der Waals surface area contributed by atoms with Gasteiger partial charge in [0.15, 0.2) is 0 Å². The maximum Gasteiger partial charge on any atom is 0.416 e. The van der Waals surface area contributed by atoms with Crippen molar-refractivity contribution in [2.75, 3.05) is 11.9 Å². The fraction of sp³-hybridized carbons (Fsp3) is 0.150. The number of rotatable bonds is 0. The number of anilines is 1. The Morgan fingerprint density at radius 2 is 2.00 bits per heavy atom. The third kappa shape index (κ3) is 2.94. The molecule has 0 radical (unpaired) electrons. The SMILES string of the molecule is O=C1Cc2c([nH]c3ccc(C(F)(F)F)cc23)-c2c(C#CCO)cccc2N1. The lowest BCUT2D eigenvalue weighted by Gasteiger charge is -2.09. The summed E-state index contributed by atoms with van der Waals surface area (Å²) in [6.07, 6.45) is -4.53. The summed E-state index contributed by atoms with van der Waals surface area (Å²) < 4.78 is 39.4. The number of benzene rings is 2. The maximum absolute atomic E-state index is 13.1. The third-order valence-electron chi connectivity index (χ3n) is 4.46. The summed E-state index contributed by atoms with van der Waals surface area (Å²) in [7, 11) is 0. The molecule has 1 aliphatic heterocycles. The zero-order chi connectivity index (χ0) is 19.2. The molecular weight excluding hydrogens is 357 g/mol. The highest BCUT2D eigenvalue weighted by atomic mass is 19.4. The maximum atomic E-state index is 13.1. The first-order valence-corrected chi connectivity index (χ1v) is 8.13. The molecule has 4 rings (SSSR count). The molecule has 2 heterocycles. The van der Waals surface area contributed by atoms with E-state index in [1.165, 1.54) is 6.07 Å². The van der Waals surface area contributed by atoms with Gasteiger partial charge in [-0.25, -0.2) is 0 Å². The molecule has 1 aliphatic rings. The highest BCUT2D eigenvalue weighted by Crippen LogP contribution is 2.41. The Morgan fingerprint density at radius 1 is 1.19 bits per heavy atom. The van der Waals surface area contributed by atoms with Gasteiger partial charge in [0.25, 0.3) is 0 Å². The first-order chi connectivity index (χ1) is 12.9. The number of aliphatic hydroxyl groups is 1. The number of amides is 1. The van der Waals surface area contributed by atoms with E-state index in [1.807, 2.05) is 0 Å². The number of aromatic nitrogens is 1. The minimum atomic E-state index is -4.47. The lowest BCUT2D eigenvalue weighted by molar-refractivity contribution is -0.137. The molecule has 0 fully saturated rings. The molecule has 3 N–H and O–H groups in total. The molecule has 7 heteroatoms. The van der Waals surface area contributed by atoms with E-state index in [2.05, 4.69) is 22.1 Å². The smallest absolute Gasteiger partial charge is 0.384 e. The van der Waals surface area contributed by atoms with Crippen molar-refractivity contribution in [2.45, 2.75) is 12.6 Å². The van der Waals surface area contributed by atoms with Crippen LogP contribution in [0.1, 0.15) is 16.7 Å². The Labute approximate surface area is 152 Å². The number of hydrogen-bond donors (Lipinski definition) is 3. The second-order valence-corrected chi connectivity index (χ2v) is 6.15. The molecular formula is C20H13F3N2O2. The number of aromatic amines is 1. The summed E-state index contributed by atoms with van der Waals surface area (Å²) in [5.74, 6) is 5.09. The van der Waals surface area contributed by atoms with Gasteiger partial charge in [-0.1, -0.05) is 17.9 Å². The van der Waals surface area contributed by atoms with Crippen molar-refractivity contribution in [2.24, 2.45) is 0 Å². The van der Waals surface area contributed by atoms with E-state index in [1.54, 1.807) is 18.2 Å². The van der Waals surface area contributed by atoms with Gasteiger partial charge in [-0.2, -0.15) is 13.2 Å². The van der Waals surface area contributed by atoms with Crippen LogP contribution in [0.2, 0.25) is 0 Å². The van der Waals surface area contributed by atoms with Gasteiger partial charge in [-0.15, -0.1) is 0 Å². The summed E-state index contributed by atoms with van der Waals surface area (Å²) in [5, 5.41) is 12.1. The molecule has 0 aliphatic carbocycles. The van der Waals surface area contributed by atoms with Crippen LogP contribution in [0.25, 0.3) is 22.2 Å². The first-order valence-electron chi connectivity index (χ1n) is 8.13. The predicted molar refractivity (Wildman–Crippen MR) is 95.0 cm³/mol. The molecule has 0 saturated heterocycles. The highest BCUT2D eigenvalue weighted by molar-refractivity contribution is 6.06. The number of alkyl halides is 3. The predicted octanol–water partition coefficient (Wildman–Crippen LogP) is 3.69. The fourth-order valence-corrected chi connectivity index (χ4v) is 3.34. The highest BCUT2D eigenvalue weighted by Gasteiger charge is 2.32. The van der Waals surface area contributed by atoms with Crippen LogP contribution in [0.4, 0.5) is 18.9 Å². The van der Waals surface area contributed by atoms with Crippen LogP contribution in [0, 0.1) is 11.8 Å². The lowest BCUT2D eigenvalue weighted by atomic mass is 9.98. The molecule has 1 aromatic heterocycles. The van der Waals surface area contributed by atoms with Gasteiger partial charge in [0.1, 0.15) is 6.61 Å². The van der Waals surface area contributed by atoms with Gasteiger partial charge < -0.3 is 15.4 Å². The molecule has 0 spiro atoms. The summed E-state index contributed by atoms with van der Waals surface area (Å²) in [4.78, 5) is 15.5. The molecule has 2 aromatic carbocycles. The summed E-state index contributed by atoms with van der Waals surface area (Å²) >= 11 is 0. The zero-order valence-corrected chi connectivity index (χ0v) is 13.9. The second kappa shape index (κ2) is 6.18. The van der Waals surface area contributed by atoms with Gasteiger partial charge in [0.2, 0.25) is 5.91 Å². The third-order valence-corrected chi connectivity index (χ3v) is 4.46. The molecule has 0 unspecified atom stereocenters. The van der Waals surface area contributed by atoms with E-state index in [9.17, 15) is 18.0 Å². The average molecular weight is 370 g/mol. The molecule has 27 heavy (non-hydrogen) atoms. The van der Waals surface area contributed by atoms with E-state index < -0.39 is 11.7 Å². The van der Waals surface area contributed by atoms with E-state index in [0.717, 1.165) is 12.1 Å². The Hall–Kier alpha value is -3.24. The minimum absolute atomic E-state index is 0.0573. The Kier molecular flexibility index (Phi) is 3.93. The number of carbonyl (C=O) groups excluding carboxylic acids is 1. The van der Waals surface area contributed by atoms with Gasteiger partial charge >= 0.3 is 6.18 Å². The number of halogens is 3. The topological polar surface area (TPSA) is 65.1 Å². The Morgan fingerprint density at radius 3 is 2.74 bits per heavy atom. The van der Waals surface area contributed by atoms with Crippen molar-refractivity contribution in [1.29, 1.82) is 0 Å². The lowest BCUT2D eigenvalue weighted by Crippen LogP contribution is -2.12. The van der Waals surface area contributed by atoms with Gasteiger partial charge in [-0.05, 0) is 35.9 Å². The summed E-state index contributed by atoms with van der Waals surface area (Å²) in [6, 6.07) is 8.60. The van der Waals surface area contributed by atoms with Gasteiger partial charge in [-0.3, -0.25) is 4.79 Å². The number of nitrogens with one attached hydrogen (secondary N) is 2. The molecule has 136 valence electrons. The van der Waals surface area contributed by atoms with Crippen LogP contribution in [0.15, 0.2) is 36.4 Å². The number of hydrogen-bond acceptors (Lipinski definition) is 2. The van der Waals surface area contributed by atoms with E-state index in [-0.39, 0.29) is 18.9 Å². The van der Waals surface area contributed by atoms with Crippen LogP contribution in [0.5, 0.6) is 0 Å². The average Bonchev–Trinajstić information content (AvgIpc) is 2.89. The number of fused-ring (bicyclic) bond motifs is 5. The van der Waals surface area contributed by atoms with Crippen LogP contribution < -0.4 is 5.32 Å². The summed E-state index contributed by atoms with van der Waals surface area (Å²) in [6.45, 7) is -0.329. The van der Waals surface area contributed by atoms with Crippen molar-refractivity contribution in [3.05, 3.63) is 53.1 Å².